The molecule has 0 aliphatic rings. The van der Waals surface area contributed by atoms with Crippen LogP contribution in [0.5, 0.6) is 0 Å². The number of allylic oxidation sites excluding steroid dienone is 14. The smallest absolute Gasteiger partial charge is 0.462 e. The maximum atomic E-state index is 12.6. The quantitative estimate of drug-likeness (QED) is 0.0266. The van der Waals surface area contributed by atoms with E-state index in [1.54, 1.807) is 0 Å². The molecule has 1 unspecified atom stereocenters. The molecule has 0 aromatic rings. The molecule has 0 spiro atoms. The predicted octanol–water partition coefficient (Wildman–Crippen LogP) is 13.6. The number of carbonyl (C=O) groups excluding carboxylic acids is 2. The van der Waals surface area contributed by atoms with Crippen LogP contribution in [0, 0.1) is 0 Å². The summed E-state index contributed by atoms with van der Waals surface area (Å²) in [6.07, 6.45) is 56.2. The monoisotopic (exact) mass is 846 g/mol. The highest BCUT2D eigenvalue weighted by Gasteiger charge is 2.25. The molecule has 59 heavy (non-hydrogen) atoms. The van der Waals surface area contributed by atoms with E-state index >= 15 is 0 Å². The van der Waals surface area contributed by atoms with Crippen LogP contribution in [0.2, 0.25) is 0 Å². The van der Waals surface area contributed by atoms with Gasteiger partial charge in [-0.05, 0) is 83.5 Å². The molecule has 0 radical (unpaired) electrons. The summed E-state index contributed by atoms with van der Waals surface area (Å²) in [5.74, 6) is -0.935. The average molecular weight is 846 g/mol. The van der Waals surface area contributed by atoms with Crippen LogP contribution in [0.15, 0.2) is 85.1 Å². The first-order valence-corrected chi connectivity index (χ1v) is 24.6. The van der Waals surface area contributed by atoms with E-state index in [9.17, 15) is 19.0 Å². The molecule has 0 aliphatic heterocycles. The lowest BCUT2D eigenvalue weighted by molar-refractivity contribution is -0.161. The first-order valence-electron chi connectivity index (χ1n) is 23.1. The third kappa shape index (κ3) is 44.6. The highest BCUT2D eigenvalue weighted by atomic mass is 31.2. The van der Waals surface area contributed by atoms with Gasteiger partial charge < -0.3 is 20.1 Å². The number of hydrogen-bond acceptors (Lipinski definition) is 8. The van der Waals surface area contributed by atoms with Gasteiger partial charge in [0, 0.05) is 19.4 Å². The molecule has 0 saturated heterocycles. The van der Waals surface area contributed by atoms with Crippen LogP contribution in [-0.4, -0.2) is 49.3 Å². The number of hydrogen-bond donors (Lipinski definition) is 2. The summed E-state index contributed by atoms with van der Waals surface area (Å²) in [6.45, 7) is 3.58. The highest BCUT2D eigenvalue weighted by molar-refractivity contribution is 7.47. The minimum absolute atomic E-state index is 0.0375. The summed E-state index contributed by atoms with van der Waals surface area (Å²) in [4.78, 5) is 34.9. The lowest BCUT2D eigenvalue weighted by Gasteiger charge is -2.19. The lowest BCUT2D eigenvalue weighted by Crippen LogP contribution is -2.29. The molecule has 0 rings (SSSR count). The third-order valence-electron chi connectivity index (χ3n) is 9.27. The van der Waals surface area contributed by atoms with Crippen molar-refractivity contribution in [3.8, 4) is 0 Å². The van der Waals surface area contributed by atoms with Gasteiger partial charge >= 0.3 is 19.8 Å². The predicted molar refractivity (Wildman–Crippen MR) is 247 cm³/mol. The molecule has 9 nitrogen and oxygen atoms in total. The molecule has 3 N–H and O–H groups in total. The lowest BCUT2D eigenvalue weighted by atomic mass is 10.1. The van der Waals surface area contributed by atoms with E-state index in [2.05, 4.69) is 86.8 Å². The Morgan fingerprint density at radius 3 is 1.37 bits per heavy atom. The van der Waals surface area contributed by atoms with Crippen molar-refractivity contribution in [3.63, 3.8) is 0 Å². The number of carbonyl (C=O) groups is 2. The molecule has 0 saturated carbocycles. The van der Waals surface area contributed by atoms with Crippen LogP contribution < -0.4 is 5.73 Å². The Kier molecular flexibility index (Phi) is 42.6. The second kappa shape index (κ2) is 44.7. The van der Waals surface area contributed by atoms with E-state index in [-0.39, 0.29) is 32.6 Å². The summed E-state index contributed by atoms with van der Waals surface area (Å²) >= 11 is 0. The van der Waals surface area contributed by atoms with Crippen LogP contribution in [0.25, 0.3) is 0 Å². The van der Waals surface area contributed by atoms with Crippen molar-refractivity contribution >= 4 is 19.8 Å². The standard InChI is InChI=1S/C49H84NO8P/c1-3-5-7-9-11-13-15-17-19-21-23-25-27-29-31-33-35-37-39-41-48(51)55-45-47(46-57-59(53,54)56-44-43-50)58-49(52)42-40-38-36-34-32-30-28-26-24-22-20-18-16-14-12-10-8-6-4-2/h11-14,17-20,24,26,30,32,36,38,47H,3-10,15-16,21-23,25,27-29,31,33-35,37,39-46,50H2,1-2H3,(H,53,54)/t47-/m1/s1. The van der Waals surface area contributed by atoms with Gasteiger partial charge in [-0.3, -0.25) is 18.6 Å². The van der Waals surface area contributed by atoms with E-state index < -0.39 is 32.5 Å². The molecular formula is C49H84NO8P. The summed E-state index contributed by atoms with van der Waals surface area (Å²) < 4.78 is 32.7. The second-order valence-corrected chi connectivity index (χ2v) is 16.4. The van der Waals surface area contributed by atoms with Gasteiger partial charge in [-0.15, -0.1) is 0 Å². The zero-order valence-corrected chi connectivity index (χ0v) is 38.1. The summed E-state index contributed by atoms with van der Waals surface area (Å²) in [5.41, 5.74) is 5.35. The van der Waals surface area contributed by atoms with Gasteiger partial charge in [0.1, 0.15) is 6.61 Å². The van der Waals surface area contributed by atoms with Crippen molar-refractivity contribution in [2.75, 3.05) is 26.4 Å². The Balaban J connectivity index is 4.26. The molecule has 0 fully saturated rings. The SMILES string of the molecule is CCCCCC=CCC=CCC=CCC=CCC=CCCC(=O)O[C@H](COC(=O)CCCCCCCCCCCC=CCC=CCCCCC)COP(=O)(O)OCCN. The van der Waals surface area contributed by atoms with Gasteiger partial charge in [0.2, 0.25) is 0 Å². The molecular weight excluding hydrogens is 762 g/mol. The fourth-order valence-electron chi connectivity index (χ4n) is 5.82. The van der Waals surface area contributed by atoms with E-state index in [0.717, 1.165) is 57.8 Å². The molecule has 338 valence electrons. The Bertz CT molecular complexity index is 1240. The van der Waals surface area contributed by atoms with E-state index in [4.69, 9.17) is 24.3 Å². The van der Waals surface area contributed by atoms with Crippen LogP contribution in [0.3, 0.4) is 0 Å². The number of phosphoric acid groups is 1. The highest BCUT2D eigenvalue weighted by Crippen LogP contribution is 2.43. The largest absolute Gasteiger partial charge is 0.472 e. The Morgan fingerprint density at radius 2 is 0.915 bits per heavy atom. The molecule has 0 aliphatic carbocycles. The molecule has 0 amide bonds. The molecule has 2 atom stereocenters. The number of nitrogens with two attached hydrogens (primary N) is 1. The maximum absolute atomic E-state index is 12.6. The molecule has 0 aromatic heterocycles. The summed E-state index contributed by atoms with van der Waals surface area (Å²) in [5, 5.41) is 0. The van der Waals surface area contributed by atoms with E-state index in [1.807, 2.05) is 12.2 Å². The van der Waals surface area contributed by atoms with Crippen molar-refractivity contribution in [3.05, 3.63) is 85.1 Å². The van der Waals surface area contributed by atoms with Gasteiger partial charge in [0.25, 0.3) is 0 Å². The van der Waals surface area contributed by atoms with Crippen LogP contribution in [-0.2, 0) is 32.7 Å². The zero-order chi connectivity index (χ0) is 43.2. The molecule has 0 aromatic carbocycles. The fraction of sp³-hybridized carbons (Fsp3) is 0.673. The van der Waals surface area contributed by atoms with Crippen molar-refractivity contribution in [1.82, 2.24) is 0 Å². The minimum atomic E-state index is -4.40. The Hall–Kier alpha value is -2.81. The first kappa shape index (κ1) is 56.2. The summed E-state index contributed by atoms with van der Waals surface area (Å²) in [6, 6.07) is 0. The number of esters is 2. The van der Waals surface area contributed by atoms with Crippen molar-refractivity contribution < 1.29 is 37.6 Å². The average Bonchev–Trinajstić information content (AvgIpc) is 3.22. The van der Waals surface area contributed by atoms with Gasteiger partial charge in [-0.25, -0.2) is 4.57 Å². The van der Waals surface area contributed by atoms with Crippen LogP contribution in [0.4, 0.5) is 0 Å². The second-order valence-electron chi connectivity index (χ2n) is 14.9. The third-order valence-corrected chi connectivity index (χ3v) is 10.3. The Labute approximate surface area is 360 Å². The van der Waals surface area contributed by atoms with Crippen molar-refractivity contribution in [2.24, 2.45) is 5.73 Å². The van der Waals surface area contributed by atoms with E-state index in [1.165, 1.54) is 83.5 Å². The van der Waals surface area contributed by atoms with Gasteiger partial charge in [0.05, 0.1) is 13.2 Å². The molecule has 10 heteroatoms. The minimum Gasteiger partial charge on any atom is -0.462 e. The zero-order valence-electron chi connectivity index (χ0n) is 37.2. The van der Waals surface area contributed by atoms with Crippen molar-refractivity contribution in [1.29, 1.82) is 0 Å². The number of rotatable bonds is 42. The fourth-order valence-corrected chi connectivity index (χ4v) is 6.59. The first-order chi connectivity index (χ1) is 28.8. The molecule has 0 bridgehead atoms. The van der Waals surface area contributed by atoms with E-state index in [0.29, 0.717) is 12.8 Å². The maximum Gasteiger partial charge on any atom is 0.472 e. The normalized spacial score (nSPS) is 14.0. The van der Waals surface area contributed by atoms with Gasteiger partial charge in [-0.1, -0.05) is 170 Å². The van der Waals surface area contributed by atoms with Gasteiger partial charge in [0.15, 0.2) is 6.10 Å². The number of ether oxygens (including phenoxy) is 2. The van der Waals surface area contributed by atoms with Crippen LogP contribution in [0.1, 0.15) is 181 Å². The number of phosphoric ester groups is 1. The van der Waals surface area contributed by atoms with Crippen LogP contribution >= 0.6 is 7.82 Å². The Morgan fingerprint density at radius 1 is 0.508 bits per heavy atom. The summed E-state index contributed by atoms with van der Waals surface area (Å²) in [7, 11) is -4.40. The van der Waals surface area contributed by atoms with Crippen molar-refractivity contribution in [2.45, 2.75) is 187 Å². The van der Waals surface area contributed by atoms with Gasteiger partial charge in [-0.2, -0.15) is 0 Å². The topological polar surface area (TPSA) is 134 Å². The molecule has 0 heterocycles. The number of unbranched alkanes of at least 4 members (excludes halogenated alkanes) is 15.